The average molecular weight is 450 g/mol. The van der Waals surface area contributed by atoms with Crippen LogP contribution in [0.1, 0.15) is 19.4 Å². The number of para-hydroxylation sites is 3. The van der Waals surface area contributed by atoms with Gasteiger partial charge in [-0.3, -0.25) is 9.59 Å². The number of nitrogens with zero attached hydrogens (tertiary/aromatic N) is 1. The number of amides is 1. The number of benzene rings is 3. The van der Waals surface area contributed by atoms with Crippen LogP contribution in [0.3, 0.4) is 0 Å². The van der Waals surface area contributed by atoms with Crippen molar-refractivity contribution in [2.45, 2.75) is 26.5 Å². The monoisotopic (exact) mass is 449 g/mol. The molecule has 3 rings (SSSR count). The molecule has 3 aromatic rings. The molecule has 7 nitrogen and oxygen atoms in total. The first-order valence-electron chi connectivity index (χ1n) is 10.6. The minimum atomic E-state index is -1.10. The van der Waals surface area contributed by atoms with Gasteiger partial charge < -0.3 is 24.2 Å². The highest BCUT2D eigenvalue weighted by atomic mass is 16.5. The summed E-state index contributed by atoms with van der Waals surface area (Å²) in [6, 6.07) is 23.4. The number of carbonyl (C=O) groups is 2. The van der Waals surface area contributed by atoms with Crippen molar-refractivity contribution in [1.29, 1.82) is 0 Å². The van der Waals surface area contributed by atoms with Crippen LogP contribution in [-0.4, -0.2) is 41.1 Å². The van der Waals surface area contributed by atoms with E-state index in [9.17, 15) is 14.7 Å². The topological polar surface area (TPSA) is 85.3 Å². The molecule has 3 aromatic carbocycles. The first-order valence-corrected chi connectivity index (χ1v) is 10.6. The van der Waals surface area contributed by atoms with Gasteiger partial charge in [-0.05, 0) is 55.8 Å². The maximum absolute atomic E-state index is 12.8. The molecule has 0 aromatic heterocycles. The summed E-state index contributed by atoms with van der Waals surface area (Å²) in [5.74, 6) is 0.646. The minimum absolute atomic E-state index is 0.0480. The Morgan fingerprint density at radius 2 is 1.48 bits per heavy atom. The minimum Gasteiger partial charge on any atom is -0.491 e. The summed E-state index contributed by atoms with van der Waals surface area (Å²) in [5, 5.41) is 9.27. The van der Waals surface area contributed by atoms with E-state index in [1.807, 2.05) is 56.3 Å². The molecule has 33 heavy (non-hydrogen) atoms. The number of rotatable bonds is 11. The second kappa shape index (κ2) is 11.6. The molecule has 0 radical (unpaired) electrons. The molecule has 1 amide bonds. The van der Waals surface area contributed by atoms with Gasteiger partial charge in [0.15, 0.2) is 18.1 Å². The number of carboxylic acid groups (broad SMARTS) is 1. The van der Waals surface area contributed by atoms with Crippen LogP contribution in [0.5, 0.6) is 23.0 Å². The molecular formula is C26H27NO6. The first-order chi connectivity index (χ1) is 15.9. The highest BCUT2D eigenvalue weighted by Crippen LogP contribution is 2.31. The lowest BCUT2D eigenvalue weighted by atomic mass is 10.2. The van der Waals surface area contributed by atoms with Crippen LogP contribution in [-0.2, 0) is 16.1 Å². The van der Waals surface area contributed by atoms with Gasteiger partial charge in [-0.15, -0.1) is 0 Å². The smallest absolute Gasteiger partial charge is 0.323 e. The Morgan fingerprint density at radius 3 is 2.12 bits per heavy atom. The second-order valence-corrected chi connectivity index (χ2v) is 7.60. The summed E-state index contributed by atoms with van der Waals surface area (Å²) in [5.41, 5.74) is 0.786. The number of hydrogen-bond donors (Lipinski definition) is 1. The predicted octanol–water partition coefficient (Wildman–Crippen LogP) is 4.76. The Hall–Kier alpha value is -4.00. The fraction of sp³-hybridized carbons (Fsp3) is 0.231. The normalized spacial score (nSPS) is 10.5. The fourth-order valence-corrected chi connectivity index (χ4v) is 3.06. The lowest BCUT2D eigenvalue weighted by Crippen LogP contribution is -2.38. The van der Waals surface area contributed by atoms with Crippen LogP contribution in [0.15, 0.2) is 78.9 Å². The van der Waals surface area contributed by atoms with Crippen molar-refractivity contribution >= 4 is 11.9 Å². The van der Waals surface area contributed by atoms with Crippen molar-refractivity contribution in [3.05, 3.63) is 84.4 Å². The molecular weight excluding hydrogens is 422 g/mol. The molecule has 0 spiro atoms. The lowest BCUT2D eigenvalue weighted by Gasteiger charge is -2.21. The molecule has 0 unspecified atom stereocenters. The van der Waals surface area contributed by atoms with Gasteiger partial charge in [-0.2, -0.15) is 0 Å². The molecule has 0 bridgehead atoms. The van der Waals surface area contributed by atoms with Gasteiger partial charge in [0.1, 0.15) is 18.0 Å². The molecule has 0 fully saturated rings. The van der Waals surface area contributed by atoms with E-state index in [-0.39, 0.29) is 19.3 Å². The maximum atomic E-state index is 12.8. The molecule has 0 aliphatic heterocycles. The van der Waals surface area contributed by atoms with E-state index in [1.165, 1.54) is 4.90 Å². The van der Waals surface area contributed by atoms with Crippen molar-refractivity contribution < 1.29 is 28.9 Å². The number of carbonyl (C=O) groups excluding carboxylic acids is 1. The molecule has 172 valence electrons. The highest BCUT2D eigenvalue weighted by Gasteiger charge is 2.19. The predicted molar refractivity (Wildman–Crippen MR) is 124 cm³/mol. The van der Waals surface area contributed by atoms with Crippen molar-refractivity contribution in [3.8, 4) is 23.0 Å². The van der Waals surface area contributed by atoms with E-state index < -0.39 is 18.4 Å². The van der Waals surface area contributed by atoms with Gasteiger partial charge in [0.25, 0.3) is 5.91 Å². The van der Waals surface area contributed by atoms with Gasteiger partial charge in [-0.1, -0.05) is 42.5 Å². The van der Waals surface area contributed by atoms with Crippen LogP contribution in [0, 0.1) is 0 Å². The summed E-state index contributed by atoms with van der Waals surface area (Å²) >= 11 is 0. The molecule has 0 aliphatic rings. The Balaban J connectivity index is 1.65. The van der Waals surface area contributed by atoms with Crippen molar-refractivity contribution in [2.75, 3.05) is 13.2 Å². The van der Waals surface area contributed by atoms with Crippen molar-refractivity contribution in [2.24, 2.45) is 0 Å². The zero-order valence-corrected chi connectivity index (χ0v) is 18.6. The molecule has 7 heteroatoms. The lowest BCUT2D eigenvalue weighted by molar-refractivity contribution is -0.145. The number of hydrogen-bond acceptors (Lipinski definition) is 5. The summed E-state index contributed by atoms with van der Waals surface area (Å²) in [7, 11) is 0. The first kappa shape index (κ1) is 23.7. The number of ether oxygens (including phenoxy) is 3. The van der Waals surface area contributed by atoms with Crippen LogP contribution in [0.2, 0.25) is 0 Å². The Morgan fingerprint density at radius 1 is 0.848 bits per heavy atom. The molecule has 0 saturated heterocycles. The molecule has 1 N–H and O–H groups in total. The molecule has 0 saturated carbocycles. The largest absolute Gasteiger partial charge is 0.491 e. The van der Waals surface area contributed by atoms with E-state index in [2.05, 4.69) is 0 Å². The van der Waals surface area contributed by atoms with E-state index in [0.29, 0.717) is 23.0 Å². The van der Waals surface area contributed by atoms with E-state index in [0.717, 1.165) is 5.56 Å². The molecule has 0 heterocycles. The van der Waals surface area contributed by atoms with Crippen LogP contribution < -0.4 is 14.2 Å². The van der Waals surface area contributed by atoms with Gasteiger partial charge in [0, 0.05) is 6.54 Å². The standard InChI is InChI=1S/C26H27NO6/c1-19(2)32-22-14-12-20(13-15-22)16-27(17-26(29)30)25(28)18-31-23-10-6-7-11-24(23)33-21-8-4-3-5-9-21/h3-15,19H,16-18H2,1-2H3,(H,29,30). The third-order valence-corrected chi connectivity index (χ3v) is 4.52. The highest BCUT2D eigenvalue weighted by molar-refractivity contribution is 5.82. The summed E-state index contributed by atoms with van der Waals surface area (Å²) in [4.78, 5) is 25.4. The zero-order valence-electron chi connectivity index (χ0n) is 18.6. The quantitative estimate of drug-likeness (QED) is 0.454. The summed E-state index contributed by atoms with van der Waals surface area (Å²) < 4.78 is 17.2. The van der Waals surface area contributed by atoms with Crippen molar-refractivity contribution in [3.63, 3.8) is 0 Å². The third kappa shape index (κ3) is 7.57. The Kier molecular flexibility index (Phi) is 8.30. The number of carboxylic acids is 1. The molecule has 0 atom stereocenters. The second-order valence-electron chi connectivity index (χ2n) is 7.60. The summed E-state index contributed by atoms with van der Waals surface area (Å²) in [6.07, 6.45) is 0.0480. The Labute approximate surface area is 193 Å². The third-order valence-electron chi connectivity index (χ3n) is 4.52. The van der Waals surface area contributed by atoms with E-state index >= 15 is 0 Å². The number of aliphatic carboxylic acids is 1. The van der Waals surface area contributed by atoms with Gasteiger partial charge >= 0.3 is 5.97 Å². The van der Waals surface area contributed by atoms with Crippen LogP contribution in [0.25, 0.3) is 0 Å². The SMILES string of the molecule is CC(C)Oc1ccc(CN(CC(=O)O)C(=O)COc2ccccc2Oc2ccccc2)cc1. The maximum Gasteiger partial charge on any atom is 0.323 e. The Bertz CT molecular complexity index is 1050. The van der Waals surface area contributed by atoms with Gasteiger partial charge in [-0.25, -0.2) is 0 Å². The van der Waals surface area contributed by atoms with Crippen LogP contribution >= 0.6 is 0 Å². The summed E-state index contributed by atoms with van der Waals surface area (Å²) in [6.45, 7) is 3.25. The van der Waals surface area contributed by atoms with E-state index in [4.69, 9.17) is 14.2 Å². The van der Waals surface area contributed by atoms with E-state index in [1.54, 1.807) is 36.4 Å². The molecule has 0 aliphatic carbocycles. The van der Waals surface area contributed by atoms with Crippen molar-refractivity contribution in [1.82, 2.24) is 4.90 Å². The van der Waals surface area contributed by atoms with Gasteiger partial charge in [0.05, 0.1) is 6.10 Å². The van der Waals surface area contributed by atoms with Gasteiger partial charge in [0.2, 0.25) is 0 Å². The zero-order chi connectivity index (χ0) is 23.6. The average Bonchev–Trinajstić information content (AvgIpc) is 2.79. The van der Waals surface area contributed by atoms with Crippen LogP contribution in [0.4, 0.5) is 0 Å². The fourth-order valence-electron chi connectivity index (χ4n) is 3.06.